The van der Waals surface area contributed by atoms with Crippen molar-refractivity contribution in [3.8, 4) is 0 Å². The van der Waals surface area contributed by atoms with Gasteiger partial charge in [0.2, 0.25) is 0 Å². The summed E-state index contributed by atoms with van der Waals surface area (Å²) >= 11 is 0. The number of anilines is 2. The van der Waals surface area contributed by atoms with Crippen molar-refractivity contribution in [2.24, 2.45) is 5.92 Å². The molecule has 23 heavy (non-hydrogen) atoms. The maximum Gasteiger partial charge on any atom is 0.357 e. The van der Waals surface area contributed by atoms with Crippen molar-refractivity contribution in [1.82, 2.24) is 9.97 Å². The second-order valence-electron chi connectivity index (χ2n) is 5.71. The van der Waals surface area contributed by atoms with E-state index in [9.17, 15) is 13.2 Å². The molecule has 0 aliphatic rings. The van der Waals surface area contributed by atoms with Crippen LogP contribution in [-0.2, 0) is 25.3 Å². The van der Waals surface area contributed by atoms with Crippen LogP contribution in [0, 0.1) is 5.92 Å². The fourth-order valence-electron chi connectivity index (χ4n) is 2.43. The van der Waals surface area contributed by atoms with Gasteiger partial charge in [0.15, 0.2) is 5.82 Å². The lowest BCUT2D eigenvalue weighted by molar-refractivity contribution is -0.150. The minimum atomic E-state index is -4.61. The van der Waals surface area contributed by atoms with Gasteiger partial charge in [0.05, 0.1) is 12.3 Å². The van der Waals surface area contributed by atoms with Crippen molar-refractivity contribution in [2.45, 2.75) is 39.5 Å². The van der Waals surface area contributed by atoms with Gasteiger partial charge in [0.1, 0.15) is 17.4 Å². The topological polar surface area (TPSA) is 144 Å². The maximum atomic E-state index is 12.5. The molecule has 1 aromatic rings. The Morgan fingerprint density at radius 2 is 2.09 bits per heavy atom. The van der Waals surface area contributed by atoms with Gasteiger partial charge < -0.3 is 10.5 Å². The summed E-state index contributed by atoms with van der Waals surface area (Å²) in [6.45, 7) is 7.21. The lowest BCUT2D eigenvalue weighted by atomic mass is 9.78. The van der Waals surface area contributed by atoms with E-state index in [2.05, 4.69) is 9.97 Å². The van der Waals surface area contributed by atoms with Crippen LogP contribution in [-0.4, -0.2) is 35.5 Å². The van der Waals surface area contributed by atoms with Crippen molar-refractivity contribution < 1.29 is 22.5 Å². The Labute approximate surface area is 135 Å². The first-order chi connectivity index (χ1) is 10.5. The molecule has 1 atom stereocenters. The van der Waals surface area contributed by atoms with E-state index < -0.39 is 21.7 Å². The SMILES string of the molecule is CCOC(=O)C(C)(CC(C)C)c1ncnc(N)c1NS(=O)(=O)O. The summed E-state index contributed by atoms with van der Waals surface area (Å²) in [7, 11) is -4.61. The fraction of sp³-hybridized carbons (Fsp3) is 0.615. The first kappa shape index (κ1) is 19.1. The van der Waals surface area contributed by atoms with Crippen LogP contribution in [0.4, 0.5) is 11.5 Å². The van der Waals surface area contributed by atoms with Gasteiger partial charge in [0, 0.05) is 0 Å². The van der Waals surface area contributed by atoms with Crippen LogP contribution in [0.25, 0.3) is 0 Å². The van der Waals surface area contributed by atoms with Crippen molar-refractivity contribution in [3.05, 3.63) is 12.0 Å². The second-order valence-corrected chi connectivity index (χ2v) is 6.86. The maximum absolute atomic E-state index is 12.5. The minimum Gasteiger partial charge on any atom is -0.465 e. The van der Waals surface area contributed by atoms with Crippen LogP contribution >= 0.6 is 0 Å². The number of nitrogens with zero attached hydrogens (tertiary/aromatic N) is 2. The lowest BCUT2D eigenvalue weighted by Crippen LogP contribution is -2.38. The molecule has 0 saturated carbocycles. The third-order valence-electron chi connectivity index (χ3n) is 3.17. The zero-order valence-corrected chi connectivity index (χ0v) is 14.3. The Balaban J connectivity index is 3.53. The van der Waals surface area contributed by atoms with Crippen LogP contribution in [0.3, 0.4) is 0 Å². The van der Waals surface area contributed by atoms with Crippen LogP contribution in [0.15, 0.2) is 6.33 Å². The molecule has 1 aromatic heterocycles. The first-order valence-corrected chi connectivity index (χ1v) is 8.48. The van der Waals surface area contributed by atoms with Crippen LogP contribution in [0.2, 0.25) is 0 Å². The van der Waals surface area contributed by atoms with E-state index in [1.165, 1.54) is 0 Å². The van der Waals surface area contributed by atoms with E-state index in [1.54, 1.807) is 13.8 Å². The molecule has 1 rings (SSSR count). The fourth-order valence-corrected chi connectivity index (χ4v) is 2.89. The normalized spacial score (nSPS) is 14.3. The molecule has 1 unspecified atom stereocenters. The van der Waals surface area contributed by atoms with Gasteiger partial charge in [-0.05, 0) is 26.2 Å². The summed E-state index contributed by atoms with van der Waals surface area (Å²) < 4.78 is 38.3. The molecule has 0 fully saturated rings. The summed E-state index contributed by atoms with van der Waals surface area (Å²) in [6.07, 6.45) is 1.46. The molecular formula is C13H22N4O5S. The van der Waals surface area contributed by atoms with E-state index in [4.69, 9.17) is 15.0 Å². The zero-order chi connectivity index (χ0) is 17.8. The predicted molar refractivity (Wildman–Crippen MR) is 85.1 cm³/mol. The molecule has 10 heteroatoms. The molecular weight excluding hydrogens is 324 g/mol. The number of aromatic nitrogens is 2. The highest BCUT2D eigenvalue weighted by Crippen LogP contribution is 2.37. The van der Waals surface area contributed by atoms with E-state index in [0.29, 0.717) is 6.42 Å². The highest BCUT2D eigenvalue weighted by molar-refractivity contribution is 7.87. The molecule has 0 radical (unpaired) electrons. The summed E-state index contributed by atoms with van der Waals surface area (Å²) in [4.78, 5) is 20.2. The van der Waals surface area contributed by atoms with Gasteiger partial charge in [-0.2, -0.15) is 8.42 Å². The third-order valence-corrected chi connectivity index (χ3v) is 3.63. The van der Waals surface area contributed by atoms with Gasteiger partial charge in [0.25, 0.3) is 0 Å². The Morgan fingerprint density at radius 3 is 2.57 bits per heavy atom. The summed E-state index contributed by atoms with van der Waals surface area (Å²) in [5.41, 5.74) is 4.25. The van der Waals surface area contributed by atoms with Crippen molar-refractivity contribution in [1.29, 1.82) is 0 Å². The number of esters is 1. The van der Waals surface area contributed by atoms with Crippen LogP contribution in [0.1, 0.15) is 39.8 Å². The third kappa shape index (κ3) is 4.76. The van der Waals surface area contributed by atoms with Crippen LogP contribution < -0.4 is 10.5 Å². The molecule has 0 aliphatic heterocycles. The quantitative estimate of drug-likeness (QED) is 0.492. The number of ether oxygens (including phenoxy) is 1. The monoisotopic (exact) mass is 346 g/mol. The average Bonchev–Trinajstić information content (AvgIpc) is 2.39. The van der Waals surface area contributed by atoms with E-state index in [-0.39, 0.29) is 29.7 Å². The molecule has 0 amide bonds. The number of hydrogen-bond acceptors (Lipinski definition) is 7. The molecule has 9 nitrogen and oxygen atoms in total. The Bertz CT molecular complexity index is 677. The summed E-state index contributed by atoms with van der Waals surface area (Å²) in [6, 6.07) is 0. The van der Waals surface area contributed by atoms with Gasteiger partial charge in [-0.3, -0.25) is 14.1 Å². The predicted octanol–water partition coefficient (Wildman–Crippen LogP) is 1.14. The van der Waals surface area contributed by atoms with Gasteiger partial charge in [-0.25, -0.2) is 9.97 Å². The molecule has 0 aromatic carbocycles. The molecule has 130 valence electrons. The Kier molecular flexibility index (Phi) is 5.89. The smallest absolute Gasteiger partial charge is 0.357 e. The van der Waals surface area contributed by atoms with Crippen molar-refractivity contribution in [2.75, 3.05) is 17.1 Å². The number of nitrogens with one attached hydrogen (secondary N) is 1. The number of nitrogens with two attached hydrogens (primary N) is 1. The molecule has 4 N–H and O–H groups in total. The highest BCUT2D eigenvalue weighted by atomic mass is 32.2. The highest BCUT2D eigenvalue weighted by Gasteiger charge is 2.42. The Morgan fingerprint density at radius 1 is 1.48 bits per heavy atom. The largest absolute Gasteiger partial charge is 0.465 e. The molecule has 0 aliphatic carbocycles. The van der Waals surface area contributed by atoms with E-state index in [0.717, 1.165) is 6.33 Å². The standard InChI is InChI=1S/C13H22N4O5S/c1-5-22-12(18)13(4,6-8(2)3)10-9(17-23(19,20)21)11(14)16-7-15-10/h7-8,17H,5-6H2,1-4H3,(H2,14,15,16)(H,19,20,21). The van der Waals surface area contributed by atoms with Crippen molar-refractivity contribution in [3.63, 3.8) is 0 Å². The van der Waals surface area contributed by atoms with Gasteiger partial charge in [-0.15, -0.1) is 0 Å². The van der Waals surface area contributed by atoms with Gasteiger partial charge >= 0.3 is 16.3 Å². The van der Waals surface area contributed by atoms with E-state index >= 15 is 0 Å². The summed E-state index contributed by atoms with van der Waals surface area (Å²) in [5, 5.41) is 0. The molecule has 0 saturated heterocycles. The number of rotatable bonds is 7. The zero-order valence-electron chi connectivity index (χ0n) is 13.5. The Hall–Kier alpha value is -1.94. The van der Waals surface area contributed by atoms with E-state index in [1.807, 2.05) is 18.6 Å². The molecule has 0 spiro atoms. The minimum absolute atomic E-state index is 0.0507. The first-order valence-electron chi connectivity index (χ1n) is 7.04. The molecule has 0 bridgehead atoms. The number of carbonyl (C=O) groups is 1. The lowest BCUT2D eigenvalue weighted by Gasteiger charge is -2.30. The van der Waals surface area contributed by atoms with Crippen molar-refractivity contribution >= 4 is 27.8 Å². The number of nitrogen functional groups attached to an aromatic ring is 1. The van der Waals surface area contributed by atoms with Gasteiger partial charge in [-0.1, -0.05) is 13.8 Å². The number of carbonyl (C=O) groups excluding carboxylic acids is 1. The number of hydrogen-bond donors (Lipinski definition) is 3. The second kappa shape index (κ2) is 7.09. The average molecular weight is 346 g/mol. The van der Waals surface area contributed by atoms with Crippen LogP contribution in [0.5, 0.6) is 0 Å². The molecule has 1 heterocycles. The summed E-state index contributed by atoms with van der Waals surface area (Å²) in [5.74, 6) is -0.684.